The summed E-state index contributed by atoms with van der Waals surface area (Å²) in [6.45, 7) is 2.31. The molecule has 0 amide bonds. The number of benzene rings is 2. The molecular formula is C16H17ClFNO2. The van der Waals surface area contributed by atoms with E-state index in [0.717, 1.165) is 5.56 Å². The molecule has 2 aromatic rings. The zero-order chi connectivity index (χ0) is 15.4. The van der Waals surface area contributed by atoms with E-state index in [0.29, 0.717) is 22.9 Å². The predicted molar refractivity (Wildman–Crippen MR) is 81.3 cm³/mol. The molecule has 0 aromatic heterocycles. The SMILES string of the molecule is COc1cc(Cl)cc(CN[C@H](C)c2cccc(F)c2)c1O. The molecule has 2 N–H and O–H groups in total. The fourth-order valence-electron chi connectivity index (χ4n) is 2.08. The molecule has 0 spiro atoms. The number of halogens is 2. The molecule has 0 radical (unpaired) electrons. The van der Waals surface area contributed by atoms with Crippen molar-refractivity contribution < 1.29 is 14.2 Å². The highest BCUT2D eigenvalue weighted by atomic mass is 35.5. The number of nitrogens with one attached hydrogen (secondary N) is 1. The van der Waals surface area contributed by atoms with Gasteiger partial charge in [-0.25, -0.2) is 4.39 Å². The smallest absolute Gasteiger partial charge is 0.162 e. The lowest BCUT2D eigenvalue weighted by molar-refractivity contribution is 0.369. The Morgan fingerprint density at radius 1 is 1.33 bits per heavy atom. The maximum atomic E-state index is 13.2. The lowest BCUT2D eigenvalue weighted by Crippen LogP contribution is -2.18. The molecule has 2 aromatic carbocycles. The van der Waals surface area contributed by atoms with Crippen LogP contribution in [0.4, 0.5) is 4.39 Å². The topological polar surface area (TPSA) is 41.5 Å². The van der Waals surface area contributed by atoms with Crippen molar-refractivity contribution in [2.45, 2.75) is 19.5 Å². The van der Waals surface area contributed by atoms with Crippen LogP contribution in [0.2, 0.25) is 5.02 Å². The molecule has 0 heterocycles. The number of hydrogen-bond donors (Lipinski definition) is 2. The number of ether oxygens (including phenoxy) is 1. The molecule has 3 nitrogen and oxygen atoms in total. The summed E-state index contributed by atoms with van der Waals surface area (Å²) < 4.78 is 18.3. The number of methoxy groups -OCH3 is 1. The molecule has 112 valence electrons. The second-order valence-electron chi connectivity index (χ2n) is 4.77. The van der Waals surface area contributed by atoms with E-state index in [-0.39, 0.29) is 17.6 Å². The lowest BCUT2D eigenvalue weighted by Gasteiger charge is -2.16. The van der Waals surface area contributed by atoms with E-state index >= 15 is 0 Å². The Balaban J connectivity index is 2.11. The van der Waals surface area contributed by atoms with Crippen molar-refractivity contribution in [1.29, 1.82) is 0 Å². The average molecular weight is 310 g/mol. The van der Waals surface area contributed by atoms with Crippen LogP contribution in [0.25, 0.3) is 0 Å². The van der Waals surface area contributed by atoms with Crippen molar-refractivity contribution in [3.8, 4) is 11.5 Å². The van der Waals surface area contributed by atoms with E-state index < -0.39 is 0 Å². The van der Waals surface area contributed by atoms with Gasteiger partial charge in [0.1, 0.15) is 5.82 Å². The minimum Gasteiger partial charge on any atom is -0.504 e. The van der Waals surface area contributed by atoms with Crippen LogP contribution in [-0.4, -0.2) is 12.2 Å². The largest absolute Gasteiger partial charge is 0.504 e. The van der Waals surface area contributed by atoms with Crippen molar-refractivity contribution in [3.05, 3.63) is 58.4 Å². The Kier molecular flexibility index (Phi) is 5.04. The summed E-state index contributed by atoms with van der Waals surface area (Å²) in [5, 5.41) is 13.8. The Morgan fingerprint density at radius 3 is 2.76 bits per heavy atom. The molecule has 0 unspecified atom stereocenters. The first-order valence-electron chi connectivity index (χ1n) is 6.55. The average Bonchev–Trinajstić information content (AvgIpc) is 2.47. The van der Waals surface area contributed by atoms with Gasteiger partial charge in [0.2, 0.25) is 0 Å². The summed E-state index contributed by atoms with van der Waals surface area (Å²) in [4.78, 5) is 0. The standard InChI is InChI=1S/C16H17ClFNO2/c1-10(11-4-3-5-14(18)7-11)19-9-12-6-13(17)8-15(21-2)16(12)20/h3-8,10,19-20H,9H2,1-2H3/t10-/m1/s1. The monoisotopic (exact) mass is 309 g/mol. The van der Waals surface area contributed by atoms with Crippen LogP contribution < -0.4 is 10.1 Å². The number of rotatable bonds is 5. The first-order chi connectivity index (χ1) is 10.0. The first kappa shape index (κ1) is 15.6. The molecule has 2 rings (SSSR count). The van der Waals surface area contributed by atoms with Crippen LogP contribution in [0.1, 0.15) is 24.1 Å². The highest BCUT2D eigenvalue weighted by Crippen LogP contribution is 2.33. The van der Waals surface area contributed by atoms with Crippen LogP contribution in [-0.2, 0) is 6.54 Å². The first-order valence-corrected chi connectivity index (χ1v) is 6.93. The van der Waals surface area contributed by atoms with E-state index in [2.05, 4.69) is 5.32 Å². The highest BCUT2D eigenvalue weighted by molar-refractivity contribution is 6.30. The lowest BCUT2D eigenvalue weighted by atomic mass is 10.1. The fourth-order valence-corrected chi connectivity index (χ4v) is 2.31. The van der Waals surface area contributed by atoms with Gasteiger partial charge in [-0.15, -0.1) is 0 Å². The van der Waals surface area contributed by atoms with Gasteiger partial charge in [0, 0.05) is 29.2 Å². The molecule has 0 saturated carbocycles. The summed E-state index contributed by atoms with van der Waals surface area (Å²) >= 11 is 5.99. The van der Waals surface area contributed by atoms with Gasteiger partial charge in [-0.05, 0) is 30.7 Å². The molecule has 5 heteroatoms. The van der Waals surface area contributed by atoms with E-state index in [4.69, 9.17) is 16.3 Å². The summed E-state index contributed by atoms with van der Waals surface area (Å²) in [6.07, 6.45) is 0. The molecule has 0 aliphatic carbocycles. The minimum absolute atomic E-state index is 0.0563. The molecule has 0 fully saturated rings. The number of phenolic OH excluding ortho intramolecular Hbond substituents is 1. The molecule has 0 aliphatic rings. The van der Waals surface area contributed by atoms with Crippen LogP contribution >= 0.6 is 11.6 Å². The molecule has 0 bridgehead atoms. The van der Waals surface area contributed by atoms with Gasteiger partial charge in [-0.1, -0.05) is 23.7 Å². The quantitative estimate of drug-likeness (QED) is 0.875. The van der Waals surface area contributed by atoms with Crippen LogP contribution in [0.3, 0.4) is 0 Å². The number of phenols is 1. The maximum Gasteiger partial charge on any atom is 0.162 e. The van der Waals surface area contributed by atoms with Gasteiger partial charge in [-0.2, -0.15) is 0 Å². The predicted octanol–water partition coefficient (Wildman–Crippen LogP) is 4.04. The minimum atomic E-state index is -0.270. The third-order valence-corrected chi connectivity index (χ3v) is 3.50. The summed E-state index contributed by atoms with van der Waals surface area (Å²) in [7, 11) is 1.47. The van der Waals surface area contributed by atoms with Gasteiger partial charge in [0.05, 0.1) is 7.11 Å². The van der Waals surface area contributed by atoms with E-state index in [1.807, 2.05) is 13.0 Å². The molecular weight excluding hydrogens is 293 g/mol. The van der Waals surface area contributed by atoms with Gasteiger partial charge in [0.25, 0.3) is 0 Å². The highest BCUT2D eigenvalue weighted by Gasteiger charge is 2.12. The molecule has 21 heavy (non-hydrogen) atoms. The Labute approximate surface area is 128 Å². The fraction of sp³-hybridized carbons (Fsp3) is 0.250. The second-order valence-corrected chi connectivity index (χ2v) is 5.21. The summed E-state index contributed by atoms with van der Waals surface area (Å²) in [5.74, 6) is 0.118. The van der Waals surface area contributed by atoms with Crippen molar-refractivity contribution in [2.24, 2.45) is 0 Å². The van der Waals surface area contributed by atoms with Crippen molar-refractivity contribution in [1.82, 2.24) is 5.32 Å². The van der Waals surface area contributed by atoms with E-state index in [9.17, 15) is 9.50 Å². The van der Waals surface area contributed by atoms with Crippen LogP contribution in [0, 0.1) is 5.82 Å². The van der Waals surface area contributed by atoms with Gasteiger partial charge < -0.3 is 15.2 Å². The van der Waals surface area contributed by atoms with Crippen LogP contribution in [0.15, 0.2) is 36.4 Å². The molecule has 0 aliphatic heterocycles. The zero-order valence-electron chi connectivity index (χ0n) is 11.9. The van der Waals surface area contributed by atoms with Crippen LogP contribution in [0.5, 0.6) is 11.5 Å². The van der Waals surface area contributed by atoms with Gasteiger partial charge >= 0.3 is 0 Å². The maximum absolute atomic E-state index is 13.2. The van der Waals surface area contributed by atoms with Gasteiger partial charge in [0.15, 0.2) is 11.5 Å². The Bertz CT molecular complexity index is 634. The summed E-state index contributed by atoms with van der Waals surface area (Å²) in [6, 6.07) is 9.56. The molecule has 1 atom stereocenters. The summed E-state index contributed by atoms with van der Waals surface area (Å²) in [5.41, 5.74) is 1.46. The van der Waals surface area contributed by atoms with Gasteiger partial charge in [-0.3, -0.25) is 0 Å². The third kappa shape index (κ3) is 3.86. The third-order valence-electron chi connectivity index (χ3n) is 3.29. The Hall–Kier alpha value is -1.78. The van der Waals surface area contributed by atoms with Crippen molar-refractivity contribution in [3.63, 3.8) is 0 Å². The number of hydrogen-bond acceptors (Lipinski definition) is 3. The van der Waals surface area contributed by atoms with E-state index in [1.165, 1.54) is 19.2 Å². The number of aromatic hydroxyl groups is 1. The zero-order valence-corrected chi connectivity index (χ0v) is 12.6. The normalized spacial score (nSPS) is 12.2. The molecule has 0 saturated heterocycles. The Morgan fingerprint density at radius 2 is 2.10 bits per heavy atom. The van der Waals surface area contributed by atoms with E-state index in [1.54, 1.807) is 18.2 Å². The van der Waals surface area contributed by atoms with Crippen molar-refractivity contribution in [2.75, 3.05) is 7.11 Å². The second kappa shape index (κ2) is 6.78. The van der Waals surface area contributed by atoms with Crippen molar-refractivity contribution >= 4 is 11.6 Å².